The predicted molar refractivity (Wildman–Crippen MR) is 75.5 cm³/mol. The second-order valence-electron chi connectivity index (χ2n) is 4.39. The van der Waals surface area contributed by atoms with E-state index in [1.165, 1.54) is 24.7 Å². The van der Waals surface area contributed by atoms with E-state index < -0.39 is 5.97 Å². The molecule has 0 fully saturated rings. The molecule has 2 aromatic rings. The van der Waals surface area contributed by atoms with Crippen molar-refractivity contribution in [2.45, 2.75) is 13.0 Å². The van der Waals surface area contributed by atoms with Crippen LogP contribution in [0.15, 0.2) is 47.3 Å². The molecule has 0 aliphatic heterocycles. The number of hydrogen-bond donors (Lipinski definition) is 2. The van der Waals surface area contributed by atoms with E-state index in [1.807, 2.05) is 0 Å². The van der Waals surface area contributed by atoms with Crippen LogP contribution < -0.4 is 5.32 Å². The van der Waals surface area contributed by atoms with Gasteiger partial charge in [0, 0.05) is 18.5 Å². The molecule has 1 amide bonds. The smallest absolute Gasteiger partial charge is 0.328 e. The fourth-order valence-electron chi connectivity index (χ4n) is 1.73. The van der Waals surface area contributed by atoms with Crippen LogP contribution in [0.1, 0.15) is 34.6 Å². The highest BCUT2D eigenvalue weighted by Crippen LogP contribution is 2.13. The van der Waals surface area contributed by atoms with Gasteiger partial charge in [0.05, 0.1) is 17.9 Å². The maximum absolute atomic E-state index is 12.1. The lowest BCUT2D eigenvalue weighted by Gasteiger charge is -2.11. The summed E-state index contributed by atoms with van der Waals surface area (Å²) in [7, 11) is 0. The molecule has 0 aliphatic carbocycles. The van der Waals surface area contributed by atoms with Gasteiger partial charge in [0.15, 0.2) is 0 Å². The number of carbonyl (C=O) groups is 2. The van der Waals surface area contributed by atoms with Crippen molar-refractivity contribution in [2.24, 2.45) is 0 Å². The normalized spacial score (nSPS) is 12.2. The van der Waals surface area contributed by atoms with Crippen molar-refractivity contribution >= 4 is 18.0 Å². The first-order valence-electron chi connectivity index (χ1n) is 6.26. The zero-order valence-corrected chi connectivity index (χ0v) is 11.3. The van der Waals surface area contributed by atoms with Crippen LogP contribution in [0, 0.1) is 0 Å². The molecule has 0 aliphatic rings. The number of furan rings is 1. The average Bonchev–Trinajstić information content (AvgIpc) is 2.99. The lowest BCUT2D eigenvalue weighted by atomic mass is 10.1. The second-order valence-corrected chi connectivity index (χ2v) is 4.39. The molecule has 0 aromatic carbocycles. The summed E-state index contributed by atoms with van der Waals surface area (Å²) in [4.78, 5) is 26.5. The Hall–Kier alpha value is -2.89. The van der Waals surface area contributed by atoms with Crippen LogP contribution in [0.5, 0.6) is 0 Å². The van der Waals surface area contributed by atoms with Crippen molar-refractivity contribution < 1.29 is 19.1 Å². The Kier molecular flexibility index (Phi) is 4.50. The maximum atomic E-state index is 12.1. The van der Waals surface area contributed by atoms with Crippen molar-refractivity contribution in [2.75, 3.05) is 0 Å². The number of nitrogens with zero attached hydrogens (tertiary/aromatic N) is 1. The van der Waals surface area contributed by atoms with E-state index in [-0.39, 0.29) is 11.9 Å². The molecular formula is C15H14N2O4. The fraction of sp³-hybridized carbons (Fsp3) is 0.133. The van der Waals surface area contributed by atoms with Crippen LogP contribution in [0.2, 0.25) is 0 Å². The summed E-state index contributed by atoms with van der Waals surface area (Å²) in [6.45, 7) is 1.80. The Balaban J connectivity index is 2.09. The number of aliphatic carboxylic acids is 1. The first-order chi connectivity index (χ1) is 10.1. The topological polar surface area (TPSA) is 92.4 Å². The maximum Gasteiger partial charge on any atom is 0.328 e. The van der Waals surface area contributed by atoms with Gasteiger partial charge in [0.1, 0.15) is 5.76 Å². The quantitative estimate of drug-likeness (QED) is 0.822. The van der Waals surface area contributed by atoms with Gasteiger partial charge in [-0.15, -0.1) is 0 Å². The molecule has 0 spiro atoms. The van der Waals surface area contributed by atoms with Crippen molar-refractivity contribution in [3.8, 4) is 0 Å². The summed E-state index contributed by atoms with van der Waals surface area (Å²) in [6.07, 6.45) is 6.80. The highest BCUT2D eigenvalue weighted by Gasteiger charge is 2.13. The van der Waals surface area contributed by atoms with E-state index in [2.05, 4.69) is 10.3 Å². The molecule has 0 saturated heterocycles. The number of carboxylic acids is 1. The van der Waals surface area contributed by atoms with Crippen molar-refractivity contribution in [3.63, 3.8) is 0 Å². The Labute approximate surface area is 121 Å². The summed E-state index contributed by atoms with van der Waals surface area (Å²) in [6, 6.07) is 4.81. The molecule has 2 heterocycles. The van der Waals surface area contributed by atoms with Gasteiger partial charge in [0.2, 0.25) is 0 Å². The highest BCUT2D eigenvalue weighted by atomic mass is 16.4. The Morgan fingerprint density at radius 3 is 2.90 bits per heavy atom. The van der Waals surface area contributed by atoms with E-state index in [1.54, 1.807) is 25.1 Å². The summed E-state index contributed by atoms with van der Waals surface area (Å²) in [5.41, 5.74) is 0.886. The van der Waals surface area contributed by atoms with E-state index >= 15 is 0 Å². The first-order valence-corrected chi connectivity index (χ1v) is 6.26. The van der Waals surface area contributed by atoms with Crippen molar-refractivity contribution in [1.29, 1.82) is 0 Å². The summed E-state index contributed by atoms with van der Waals surface area (Å²) < 4.78 is 5.21. The van der Waals surface area contributed by atoms with Gasteiger partial charge in [-0.2, -0.15) is 0 Å². The number of nitrogens with one attached hydrogen (secondary N) is 1. The van der Waals surface area contributed by atoms with Crippen LogP contribution >= 0.6 is 0 Å². The molecule has 108 valence electrons. The van der Waals surface area contributed by atoms with Crippen LogP contribution in [0.25, 0.3) is 6.08 Å². The monoisotopic (exact) mass is 286 g/mol. The first kappa shape index (κ1) is 14.5. The zero-order valence-electron chi connectivity index (χ0n) is 11.3. The van der Waals surface area contributed by atoms with Crippen molar-refractivity contribution in [3.05, 3.63) is 59.8 Å². The molecule has 6 nitrogen and oxygen atoms in total. The molecule has 2 N–H and O–H groups in total. The molecule has 2 rings (SSSR count). The van der Waals surface area contributed by atoms with Gasteiger partial charge in [-0.25, -0.2) is 4.79 Å². The van der Waals surface area contributed by atoms with E-state index in [4.69, 9.17) is 9.52 Å². The number of hydrogen-bond acceptors (Lipinski definition) is 4. The number of rotatable bonds is 5. The standard InChI is InChI=1S/C15H14N2O4/c1-10(13-3-2-6-21-13)17-15(20)12-7-11(8-16-9-12)4-5-14(18)19/h2-10H,1H3,(H,17,20)(H,18,19). The summed E-state index contributed by atoms with van der Waals surface area (Å²) in [5.74, 6) is -0.716. The number of pyridine rings is 1. The van der Waals surface area contributed by atoms with Crippen LogP contribution in [0.3, 0.4) is 0 Å². The Bertz CT molecular complexity index is 662. The van der Waals surface area contributed by atoms with Crippen LogP contribution in [-0.2, 0) is 4.79 Å². The van der Waals surface area contributed by atoms with Crippen molar-refractivity contribution in [1.82, 2.24) is 10.3 Å². The van der Waals surface area contributed by atoms with Gasteiger partial charge < -0.3 is 14.8 Å². The van der Waals surface area contributed by atoms with Gasteiger partial charge in [-0.3, -0.25) is 9.78 Å². The summed E-state index contributed by atoms with van der Waals surface area (Å²) >= 11 is 0. The molecule has 1 atom stereocenters. The number of amides is 1. The minimum absolute atomic E-state index is 0.272. The molecule has 0 saturated carbocycles. The summed E-state index contributed by atoms with van der Waals surface area (Å²) in [5, 5.41) is 11.4. The van der Waals surface area contributed by atoms with Gasteiger partial charge >= 0.3 is 5.97 Å². The predicted octanol–water partition coefficient (Wildman–Crippen LogP) is 2.26. The number of carboxylic acid groups (broad SMARTS) is 1. The molecule has 6 heteroatoms. The Morgan fingerprint density at radius 2 is 2.24 bits per heavy atom. The second kappa shape index (κ2) is 6.51. The zero-order chi connectivity index (χ0) is 15.2. The van der Waals surface area contributed by atoms with Gasteiger partial charge in [0.25, 0.3) is 5.91 Å². The molecule has 1 unspecified atom stereocenters. The largest absolute Gasteiger partial charge is 0.478 e. The van der Waals surface area contributed by atoms with Gasteiger partial charge in [-0.1, -0.05) is 0 Å². The van der Waals surface area contributed by atoms with Crippen LogP contribution in [-0.4, -0.2) is 22.0 Å². The minimum Gasteiger partial charge on any atom is -0.478 e. The molecule has 0 radical (unpaired) electrons. The fourth-order valence-corrected chi connectivity index (χ4v) is 1.73. The van der Waals surface area contributed by atoms with Crippen LogP contribution in [0.4, 0.5) is 0 Å². The third kappa shape index (κ3) is 4.04. The van der Waals surface area contributed by atoms with E-state index in [0.29, 0.717) is 16.9 Å². The molecular weight excluding hydrogens is 272 g/mol. The van der Waals surface area contributed by atoms with E-state index in [9.17, 15) is 9.59 Å². The average molecular weight is 286 g/mol. The third-order valence-corrected chi connectivity index (χ3v) is 2.76. The number of carbonyl (C=O) groups excluding carboxylic acids is 1. The Morgan fingerprint density at radius 1 is 1.43 bits per heavy atom. The molecule has 0 bridgehead atoms. The third-order valence-electron chi connectivity index (χ3n) is 2.76. The molecule has 2 aromatic heterocycles. The lowest BCUT2D eigenvalue weighted by Crippen LogP contribution is -2.26. The highest BCUT2D eigenvalue weighted by molar-refractivity contribution is 5.95. The van der Waals surface area contributed by atoms with Gasteiger partial charge in [-0.05, 0) is 36.8 Å². The SMILES string of the molecule is CC(NC(=O)c1cncc(C=CC(=O)O)c1)c1ccco1. The number of aromatic nitrogens is 1. The lowest BCUT2D eigenvalue weighted by molar-refractivity contribution is -0.131. The minimum atomic E-state index is -1.06. The molecule has 21 heavy (non-hydrogen) atoms. The van der Waals surface area contributed by atoms with E-state index in [0.717, 1.165) is 6.08 Å².